The standard InChI is InChI=1S/C13H14F3NO2/c1-2-17(9-13(14,15)16)11-6-3-10(4-7-11)5-8-12(18)19/h3-8H,2,9H2,1H3,(H,18,19). The van der Waals surface area contributed by atoms with Crippen LogP contribution in [-0.2, 0) is 4.79 Å². The van der Waals surface area contributed by atoms with Gasteiger partial charge in [0, 0.05) is 18.3 Å². The summed E-state index contributed by atoms with van der Waals surface area (Å²) in [7, 11) is 0. The lowest BCUT2D eigenvalue weighted by atomic mass is 10.2. The third-order valence-corrected chi connectivity index (χ3v) is 2.43. The highest BCUT2D eigenvalue weighted by molar-refractivity contribution is 5.85. The fourth-order valence-corrected chi connectivity index (χ4v) is 1.57. The number of hydrogen-bond acceptors (Lipinski definition) is 2. The van der Waals surface area contributed by atoms with Gasteiger partial charge in [-0.15, -0.1) is 0 Å². The molecule has 0 heterocycles. The molecule has 1 N–H and O–H groups in total. The molecule has 0 saturated carbocycles. The maximum atomic E-state index is 12.3. The zero-order valence-electron chi connectivity index (χ0n) is 10.3. The van der Waals surface area contributed by atoms with Gasteiger partial charge in [-0.3, -0.25) is 0 Å². The first-order valence-corrected chi connectivity index (χ1v) is 5.64. The largest absolute Gasteiger partial charge is 0.478 e. The predicted octanol–water partition coefficient (Wildman–Crippen LogP) is 3.17. The molecule has 0 amide bonds. The Balaban J connectivity index is 2.81. The van der Waals surface area contributed by atoms with E-state index in [2.05, 4.69) is 0 Å². The number of hydrogen-bond donors (Lipinski definition) is 1. The summed E-state index contributed by atoms with van der Waals surface area (Å²) >= 11 is 0. The van der Waals surface area contributed by atoms with Gasteiger partial charge in [-0.2, -0.15) is 13.2 Å². The maximum absolute atomic E-state index is 12.3. The van der Waals surface area contributed by atoms with Crippen LogP contribution in [0.3, 0.4) is 0 Å². The molecule has 1 aromatic rings. The van der Waals surface area contributed by atoms with E-state index in [1.807, 2.05) is 0 Å². The Kier molecular flexibility index (Phi) is 4.97. The number of carboxylic acids is 1. The van der Waals surface area contributed by atoms with Crippen LogP contribution in [0.2, 0.25) is 0 Å². The van der Waals surface area contributed by atoms with Gasteiger partial charge in [0.2, 0.25) is 0 Å². The van der Waals surface area contributed by atoms with Gasteiger partial charge in [-0.05, 0) is 30.7 Å². The molecule has 1 rings (SSSR count). The highest BCUT2D eigenvalue weighted by Crippen LogP contribution is 2.22. The third-order valence-electron chi connectivity index (χ3n) is 2.43. The summed E-state index contributed by atoms with van der Waals surface area (Å²) in [6, 6.07) is 6.23. The van der Waals surface area contributed by atoms with Crippen LogP contribution in [0.5, 0.6) is 0 Å². The molecule has 3 nitrogen and oxygen atoms in total. The molecule has 19 heavy (non-hydrogen) atoms. The first kappa shape index (κ1) is 15.1. The zero-order valence-corrected chi connectivity index (χ0v) is 10.3. The highest BCUT2D eigenvalue weighted by Gasteiger charge is 2.30. The molecule has 1 aromatic carbocycles. The maximum Gasteiger partial charge on any atom is 0.405 e. The number of anilines is 1. The van der Waals surface area contributed by atoms with Crippen molar-refractivity contribution in [2.75, 3.05) is 18.0 Å². The minimum atomic E-state index is -4.25. The van der Waals surface area contributed by atoms with Crippen LogP contribution in [0.25, 0.3) is 6.08 Å². The van der Waals surface area contributed by atoms with Crippen LogP contribution >= 0.6 is 0 Å². The number of rotatable bonds is 5. The zero-order chi connectivity index (χ0) is 14.5. The second-order valence-corrected chi connectivity index (χ2v) is 3.89. The summed E-state index contributed by atoms with van der Waals surface area (Å²) < 4.78 is 37.0. The van der Waals surface area contributed by atoms with Crippen LogP contribution in [0.1, 0.15) is 12.5 Å². The summed E-state index contributed by atoms with van der Waals surface area (Å²) in [6.07, 6.45) is -1.90. The topological polar surface area (TPSA) is 40.5 Å². The van der Waals surface area contributed by atoms with Gasteiger partial charge in [0.25, 0.3) is 0 Å². The molecule has 0 aromatic heterocycles. The summed E-state index contributed by atoms with van der Waals surface area (Å²) in [5, 5.41) is 8.46. The number of aliphatic carboxylic acids is 1. The van der Waals surface area contributed by atoms with Crippen molar-refractivity contribution in [1.29, 1.82) is 0 Å². The SMILES string of the molecule is CCN(CC(F)(F)F)c1ccc(C=CC(=O)O)cc1. The number of benzene rings is 1. The molecule has 0 aliphatic carbocycles. The Morgan fingerprint density at radius 2 is 1.89 bits per heavy atom. The van der Waals surface area contributed by atoms with Gasteiger partial charge in [0.15, 0.2) is 0 Å². The molecule has 0 spiro atoms. The Labute approximate surface area is 109 Å². The summed E-state index contributed by atoms with van der Waals surface area (Å²) in [4.78, 5) is 11.5. The summed E-state index contributed by atoms with van der Waals surface area (Å²) in [6.45, 7) is 0.877. The van der Waals surface area contributed by atoms with Gasteiger partial charge < -0.3 is 10.0 Å². The quantitative estimate of drug-likeness (QED) is 0.838. The molecule has 0 atom stereocenters. The van der Waals surface area contributed by atoms with Gasteiger partial charge in [-0.1, -0.05) is 12.1 Å². The van der Waals surface area contributed by atoms with Crippen LogP contribution in [-0.4, -0.2) is 30.3 Å². The average Bonchev–Trinajstić information content (AvgIpc) is 2.33. The lowest BCUT2D eigenvalue weighted by Crippen LogP contribution is -2.33. The normalized spacial score (nSPS) is 11.8. The minimum Gasteiger partial charge on any atom is -0.478 e. The van der Waals surface area contributed by atoms with Crippen molar-refractivity contribution in [3.05, 3.63) is 35.9 Å². The summed E-state index contributed by atoms with van der Waals surface area (Å²) in [5.74, 6) is -1.07. The van der Waals surface area contributed by atoms with Crippen molar-refractivity contribution in [2.45, 2.75) is 13.1 Å². The number of halogens is 3. The number of alkyl halides is 3. The predicted molar refractivity (Wildman–Crippen MR) is 67.1 cm³/mol. The average molecular weight is 273 g/mol. The number of nitrogens with zero attached hydrogens (tertiary/aromatic N) is 1. The van der Waals surface area contributed by atoms with Crippen molar-refractivity contribution >= 4 is 17.7 Å². The first-order valence-electron chi connectivity index (χ1n) is 5.64. The Morgan fingerprint density at radius 1 is 1.32 bits per heavy atom. The molecule has 0 aliphatic rings. The fraction of sp³-hybridized carbons (Fsp3) is 0.308. The minimum absolute atomic E-state index is 0.240. The van der Waals surface area contributed by atoms with E-state index in [4.69, 9.17) is 5.11 Å². The molecule has 0 saturated heterocycles. The van der Waals surface area contributed by atoms with E-state index in [0.717, 1.165) is 6.08 Å². The van der Waals surface area contributed by atoms with E-state index in [9.17, 15) is 18.0 Å². The lowest BCUT2D eigenvalue weighted by Gasteiger charge is -2.24. The van der Waals surface area contributed by atoms with Crippen molar-refractivity contribution in [1.82, 2.24) is 0 Å². The van der Waals surface area contributed by atoms with E-state index < -0.39 is 18.7 Å². The molecule has 0 radical (unpaired) electrons. The van der Waals surface area contributed by atoms with Crippen molar-refractivity contribution in [2.24, 2.45) is 0 Å². The summed E-state index contributed by atoms with van der Waals surface area (Å²) in [5.41, 5.74) is 1.07. The Bertz CT molecular complexity index is 452. The van der Waals surface area contributed by atoms with E-state index in [1.54, 1.807) is 19.1 Å². The van der Waals surface area contributed by atoms with Crippen LogP contribution < -0.4 is 4.90 Å². The molecular formula is C13H14F3NO2. The number of carboxylic acid groups (broad SMARTS) is 1. The van der Waals surface area contributed by atoms with Gasteiger partial charge >= 0.3 is 12.1 Å². The molecule has 104 valence electrons. The smallest absolute Gasteiger partial charge is 0.405 e. The van der Waals surface area contributed by atoms with E-state index in [-0.39, 0.29) is 6.54 Å². The van der Waals surface area contributed by atoms with E-state index >= 15 is 0 Å². The molecule has 0 fully saturated rings. The molecule has 6 heteroatoms. The molecule has 0 aliphatic heterocycles. The van der Waals surface area contributed by atoms with Gasteiger partial charge in [0.1, 0.15) is 6.54 Å². The van der Waals surface area contributed by atoms with E-state index in [0.29, 0.717) is 11.3 Å². The third kappa shape index (κ3) is 5.46. The second kappa shape index (κ2) is 6.26. The molecule has 0 bridgehead atoms. The van der Waals surface area contributed by atoms with Crippen molar-refractivity contribution in [3.8, 4) is 0 Å². The molecule has 0 unspecified atom stereocenters. The fourth-order valence-electron chi connectivity index (χ4n) is 1.57. The second-order valence-electron chi connectivity index (χ2n) is 3.89. The van der Waals surface area contributed by atoms with Crippen LogP contribution in [0.4, 0.5) is 18.9 Å². The van der Waals surface area contributed by atoms with Crippen LogP contribution in [0, 0.1) is 0 Å². The van der Waals surface area contributed by atoms with E-state index in [1.165, 1.54) is 23.1 Å². The van der Waals surface area contributed by atoms with Crippen molar-refractivity contribution < 1.29 is 23.1 Å². The van der Waals surface area contributed by atoms with Gasteiger partial charge in [0.05, 0.1) is 0 Å². The monoisotopic (exact) mass is 273 g/mol. The number of carbonyl (C=O) groups is 1. The lowest BCUT2D eigenvalue weighted by molar-refractivity contribution is -0.131. The Morgan fingerprint density at radius 3 is 2.32 bits per heavy atom. The van der Waals surface area contributed by atoms with Crippen LogP contribution in [0.15, 0.2) is 30.3 Å². The first-order chi connectivity index (χ1) is 8.81. The highest BCUT2D eigenvalue weighted by atomic mass is 19.4. The molecular weight excluding hydrogens is 259 g/mol. The van der Waals surface area contributed by atoms with Crippen molar-refractivity contribution in [3.63, 3.8) is 0 Å². The van der Waals surface area contributed by atoms with Gasteiger partial charge in [-0.25, -0.2) is 4.79 Å². The Hall–Kier alpha value is -1.98.